The minimum absolute atomic E-state index is 0.00721. The van der Waals surface area contributed by atoms with Gasteiger partial charge in [-0.3, -0.25) is 9.59 Å². The third-order valence-electron chi connectivity index (χ3n) is 5.21. The molecule has 28 heavy (non-hydrogen) atoms. The Hall–Kier alpha value is -2.25. The highest BCUT2D eigenvalue weighted by molar-refractivity contribution is 6.36. The number of hydrogen-bond donors (Lipinski definition) is 0. The molecule has 4 rings (SSSR count). The lowest BCUT2D eigenvalue weighted by Crippen LogP contribution is -2.54. The highest BCUT2D eigenvalue weighted by Gasteiger charge is 2.38. The van der Waals surface area contributed by atoms with Gasteiger partial charge in [-0.15, -0.1) is 0 Å². The van der Waals surface area contributed by atoms with E-state index in [0.717, 1.165) is 6.42 Å². The first kappa shape index (κ1) is 19.1. The van der Waals surface area contributed by atoms with Crippen molar-refractivity contribution in [2.24, 2.45) is 0 Å². The van der Waals surface area contributed by atoms with E-state index in [1.807, 2.05) is 9.80 Å². The van der Waals surface area contributed by atoms with E-state index in [1.54, 1.807) is 29.3 Å². The Labute approximate surface area is 172 Å². The molecule has 4 heterocycles. The van der Waals surface area contributed by atoms with Crippen molar-refractivity contribution in [3.63, 3.8) is 0 Å². The Balaban J connectivity index is 1.40. The lowest BCUT2D eigenvalue weighted by molar-refractivity contribution is -0.135. The molecule has 0 unspecified atom stereocenters. The molecule has 2 aliphatic heterocycles. The van der Waals surface area contributed by atoms with Gasteiger partial charge in [0.2, 0.25) is 5.91 Å². The van der Waals surface area contributed by atoms with Crippen LogP contribution in [0.4, 0.5) is 5.82 Å². The molecule has 148 valence electrons. The van der Waals surface area contributed by atoms with Crippen LogP contribution in [0.5, 0.6) is 0 Å². The van der Waals surface area contributed by atoms with Crippen molar-refractivity contribution < 1.29 is 14.0 Å². The highest BCUT2D eigenvalue weighted by Crippen LogP contribution is 2.28. The fourth-order valence-electron chi connectivity index (χ4n) is 3.80. The van der Waals surface area contributed by atoms with Crippen LogP contribution in [-0.2, 0) is 4.79 Å². The Bertz CT molecular complexity index is 866. The third-order valence-corrected chi connectivity index (χ3v) is 5.69. The normalized spacial score (nSPS) is 19.9. The van der Waals surface area contributed by atoms with E-state index < -0.39 is 6.04 Å². The summed E-state index contributed by atoms with van der Waals surface area (Å²) >= 11 is 12.2. The van der Waals surface area contributed by atoms with Crippen molar-refractivity contribution in [1.29, 1.82) is 0 Å². The van der Waals surface area contributed by atoms with Gasteiger partial charge in [-0.05, 0) is 31.0 Å². The second kappa shape index (κ2) is 8.01. The number of pyridine rings is 1. The molecule has 0 bridgehead atoms. The maximum absolute atomic E-state index is 13.1. The quantitative estimate of drug-likeness (QED) is 0.760. The minimum Gasteiger partial charge on any atom is -0.459 e. The number of halogens is 2. The molecule has 0 aliphatic carbocycles. The molecule has 2 aromatic heterocycles. The molecule has 1 atom stereocenters. The summed E-state index contributed by atoms with van der Waals surface area (Å²) in [6, 6.07) is 4.54. The molecular formula is C19H20Cl2N4O3. The molecule has 2 amide bonds. The third kappa shape index (κ3) is 3.69. The van der Waals surface area contributed by atoms with Gasteiger partial charge in [0.15, 0.2) is 5.76 Å². The van der Waals surface area contributed by atoms with Gasteiger partial charge in [0.05, 0.1) is 16.3 Å². The molecule has 9 heteroatoms. The van der Waals surface area contributed by atoms with Gasteiger partial charge in [0.25, 0.3) is 5.91 Å². The van der Waals surface area contributed by atoms with Gasteiger partial charge in [-0.25, -0.2) is 4.98 Å². The number of amides is 2. The number of carbonyl (C=O) groups excluding carboxylic acids is 2. The van der Waals surface area contributed by atoms with E-state index >= 15 is 0 Å². The predicted octanol–water partition coefficient (Wildman–Crippen LogP) is 2.93. The van der Waals surface area contributed by atoms with E-state index in [9.17, 15) is 9.59 Å². The number of carbonyl (C=O) groups is 2. The van der Waals surface area contributed by atoms with Crippen molar-refractivity contribution in [2.45, 2.75) is 18.9 Å². The monoisotopic (exact) mass is 422 g/mol. The van der Waals surface area contributed by atoms with Crippen LogP contribution in [-0.4, -0.2) is 65.4 Å². The van der Waals surface area contributed by atoms with Crippen molar-refractivity contribution in [3.05, 3.63) is 46.5 Å². The van der Waals surface area contributed by atoms with Crippen molar-refractivity contribution in [3.8, 4) is 0 Å². The zero-order valence-corrected chi connectivity index (χ0v) is 16.7. The number of likely N-dealkylation sites (tertiary alicyclic amines) is 1. The first-order valence-corrected chi connectivity index (χ1v) is 9.99. The largest absolute Gasteiger partial charge is 0.459 e. The summed E-state index contributed by atoms with van der Waals surface area (Å²) in [5.41, 5.74) is 0. The number of rotatable bonds is 3. The Morgan fingerprint density at radius 3 is 2.61 bits per heavy atom. The number of nitrogens with zero attached hydrogens (tertiary/aromatic N) is 4. The molecule has 0 saturated carbocycles. The van der Waals surface area contributed by atoms with E-state index in [2.05, 4.69) is 4.98 Å². The highest BCUT2D eigenvalue weighted by atomic mass is 35.5. The van der Waals surface area contributed by atoms with Crippen LogP contribution in [0.25, 0.3) is 0 Å². The Kier molecular flexibility index (Phi) is 5.46. The summed E-state index contributed by atoms with van der Waals surface area (Å²) in [6.45, 7) is 2.93. The van der Waals surface area contributed by atoms with E-state index in [-0.39, 0.29) is 17.6 Å². The van der Waals surface area contributed by atoms with Gasteiger partial charge in [0, 0.05) is 38.9 Å². The summed E-state index contributed by atoms with van der Waals surface area (Å²) in [4.78, 5) is 35.5. The molecule has 0 spiro atoms. The van der Waals surface area contributed by atoms with E-state index in [4.69, 9.17) is 27.6 Å². The van der Waals surface area contributed by atoms with Crippen molar-refractivity contribution in [1.82, 2.24) is 14.8 Å². The Morgan fingerprint density at radius 1 is 1.14 bits per heavy atom. The van der Waals surface area contributed by atoms with E-state index in [0.29, 0.717) is 55.0 Å². The van der Waals surface area contributed by atoms with Crippen LogP contribution >= 0.6 is 23.2 Å². The fraction of sp³-hybridized carbons (Fsp3) is 0.421. The summed E-state index contributed by atoms with van der Waals surface area (Å²) in [5, 5.41) is 0.989. The molecule has 7 nitrogen and oxygen atoms in total. The first-order valence-electron chi connectivity index (χ1n) is 9.24. The molecule has 2 fully saturated rings. The standard InChI is InChI=1S/C19H20Cl2N4O3/c20-13-11-14(21)17(22-12-13)23-6-8-24(9-7-23)18(26)15-3-1-5-25(15)19(27)16-4-2-10-28-16/h2,4,10-12,15H,1,3,5-9H2/t15-/m0/s1. The van der Waals surface area contributed by atoms with E-state index in [1.165, 1.54) is 6.26 Å². The summed E-state index contributed by atoms with van der Waals surface area (Å²) in [7, 11) is 0. The lowest BCUT2D eigenvalue weighted by atomic mass is 10.1. The average Bonchev–Trinajstić information content (AvgIpc) is 3.39. The van der Waals surface area contributed by atoms with Gasteiger partial charge in [-0.2, -0.15) is 0 Å². The van der Waals surface area contributed by atoms with Crippen molar-refractivity contribution >= 4 is 40.8 Å². The lowest BCUT2D eigenvalue weighted by Gasteiger charge is -2.38. The van der Waals surface area contributed by atoms with Crippen LogP contribution in [0, 0.1) is 0 Å². The second-order valence-corrected chi connectivity index (χ2v) is 7.75. The topological polar surface area (TPSA) is 69.9 Å². The molecule has 2 aromatic rings. The first-order chi connectivity index (χ1) is 13.5. The fourth-order valence-corrected chi connectivity index (χ4v) is 4.30. The zero-order chi connectivity index (χ0) is 19.7. The SMILES string of the molecule is O=C([C@@H]1CCCN1C(=O)c1ccco1)N1CCN(c2ncc(Cl)cc2Cl)CC1. The molecule has 2 saturated heterocycles. The molecule has 0 radical (unpaired) electrons. The van der Waals surface area contributed by atoms with Crippen LogP contribution in [0.3, 0.4) is 0 Å². The zero-order valence-electron chi connectivity index (χ0n) is 15.2. The Morgan fingerprint density at radius 2 is 1.93 bits per heavy atom. The van der Waals surface area contributed by atoms with Crippen LogP contribution in [0.15, 0.2) is 35.1 Å². The smallest absolute Gasteiger partial charge is 0.290 e. The second-order valence-electron chi connectivity index (χ2n) is 6.91. The van der Waals surface area contributed by atoms with Gasteiger partial charge >= 0.3 is 0 Å². The number of aromatic nitrogens is 1. The summed E-state index contributed by atoms with van der Waals surface area (Å²) in [6.07, 6.45) is 4.52. The van der Waals surface area contributed by atoms with Gasteiger partial charge in [0.1, 0.15) is 11.9 Å². The average molecular weight is 423 g/mol. The van der Waals surface area contributed by atoms with Crippen LogP contribution < -0.4 is 4.90 Å². The molecular weight excluding hydrogens is 403 g/mol. The van der Waals surface area contributed by atoms with Gasteiger partial charge < -0.3 is 19.1 Å². The maximum atomic E-state index is 13.1. The summed E-state index contributed by atoms with van der Waals surface area (Å²) in [5.74, 6) is 0.713. The van der Waals surface area contributed by atoms with Crippen LogP contribution in [0.1, 0.15) is 23.4 Å². The van der Waals surface area contributed by atoms with Crippen LogP contribution in [0.2, 0.25) is 10.0 Å². The molecule has 2 aliphatic rings. The maximum Gasteiger partial charge on any atom is 0.290 e. The number of hydrogen-bond acceptors (Lipinski definition) is 5. The van der Waals surface area contributed by atoms with Gasteiger partial charge in [-0.1, -0.05) is 23.2 Å². The minimum atomic E-state index is -0.429. The molecule has 0 aromatic carbocycles. The molecule has 0 N–H and O–H groups in total. The number of piperazine rings is 1. The predicted molar refractivity (Wildman–Crippen MR) is 106 cm³/mol. The van der Waals surface area contributed by atoms with Crippen molar-refractivity contribution in [2.75, 3.05) is 37.6 Å². The summed E-state index contributed by atoms with van der Waals surface area (Å²) < 4.78 is 5.21. The number of furan rings is 1. The number of anilines is 1.